The zero-order chi connectivity index (χ0) is 17.7. The Morgan fingerprint density at radius 1 is 1.58 bits per heavy atom. The number of hydrogen-bond donors (Lipinski definition) is 3. The number of halogens is 1. The van der Waals surface area contributed by atoms with Crippen LogP contribution < -0.4 is 11.6 Å². The summed E-state index contributed by atoms with van der Waals surface area (Å²) in [5.41, 5.74) is 6.72. The van der Waals surface area contributed by atoms with Crippen LogP contribution in [0.3, 0.4) is 0 Å². The zero-order valence-corrected chi connectivity index (χ0v) is 14.8. The van der Waals surface area contributed by atoms with E-state index in [1.165, 1.54) is 11.2 Å². The van der Waals surface area contributed by atoms with Crippen LogP contribution in [0, 0.1) is 0 Å². The molecule has 132 valence electrons. The van der Waals surface area contributed by atoms with Gasteiger partial charge in [-0.25, -0.2) is 20.6 Å². The van der Waals surface area contributed by atoms with Crippen LogP contribution >= 0.6 is 15.9 Å². The number of hydrazine groups is 1. The third-order valence-corrected chi connectivity index (χ3v) is 4.07. The van der Waals surface area contributed by atoms with Gasteiger partial charge in [0.25, 0.3) is 0 Å². The molecule has 1 aliphatic rings. The number of carboxylic acid groups (broad SMARTS) is 1. The monoisotopic (exact) mass is 401 g/mol. The molecular weight excluding hydrogens is 382 g/mol. The number of nitrogens with zero attached hydrogens (tertiary/aromatic N) is 3. The molecule has 2 heterocycles. The van der Waals surface area contributed by atoms with E-state index in [2.05, 4.69) is 25.9 Å². The molecular formula is C14H20BrN5O4. The third-order valence-electron chi connectivity index (χ3n) is 3.49. The quantitative estimate of drug-likeness (QED) is 0.468. The van der Waals surface area contributed by atoms with E-state index < -0.39 is 5.97 Å². The van der Waals surface area contributed by atoms with Crippen molar-refractivity contribution in [2.75, 3.05) is 20.3 Å². The number of ether oxygens (including phenoxy) is 2. The highest BCUT2D eigenvalue weighted by Gasteiger charge is 2.19. The van der Waals surface area contributed by atoms with Gasteiger partial charge in [-0.3, -0.25) is 0 Å². The Morgan fingerprint density at radius 3 is 2.92 bits per heavy atom. The summed E-state index contributed by atoms with van der Waals surface area (Å²) < 4.78 is 11.3. The second kappa shape index (κ2) is 8.38. The smallest absolute Gasteiger partial charge is 0.357 e. The maximum absolute atomic E-state index is 11.2. The van der Waals surface area contributed by atoms with E-state index in [0.29, 0.717) is 12.3 Å². The van der Waals surface area contributed by atoms with Crippen LogP contribution in [0.1, 0.15) is 35.4 Å². The summed E-state index contributed by atoms with van der Waals surface area (Å²) in [6, 6.07) is 0. The Bertz CT molecular complexity index is 632. The maximum Gasteiger partial charge on any atom is 0.357 e. The number of likely N-dealkylation sites (N-methyl/N-ethyl adjacent to an activating group) is 1. The van der Waals surface area contributed by atoms with Crippen molar-refractivity contribution >= 4 is 27.6 Å². The molecule has 10 heteroatoms. The van der Waals surface area contributed by atoms with Crippen molar-refractivity contribution in [2.45, 2.75) is 25.6 Å². The second-order valence-electron chi connectivity index (χ2n) is 5.28. The predicted octanol–water partition coefficient (Wildman–Crippen LogP) is 0.913. The molecule has 1 fully saturated rings. The highest BCUT2D eigenvalue weighted by atomic mass is 79.9. The van der Waals surface area contributed by atoms with Gasteiger partial charge in [0.05, 0.1) is 24.2 Å². The predicted molar refractivity (Wildman–Crippen MR) is 89.3 cm³/mol. The molecule has 0 amide bonds. The fourth-order valence-corrected chi connectivity index (χ4v) is 2.53. The highest BCUT2D eigenvalue weighted by Crippen LogP contribution is 2.19. The fourth-order valence-electron chi connectivity index (χ4n) is 2.17. The molecule has 1 aromatic rings. The topological polar surface area (TPSA) is 137 Å². The molecule has 0 aliphatic carbocycles. The molecule has 1 atom stereocenters. The van der Waals surface area contributed by atoms with Gasteiger partial charge in [0.15, 0.2) is 12.0 Å². The summed E-state index contributed by atoms with van der Waals surface area (Å²) in [6.07, 6.45) is 3.94. The van der Waals surface area contributed by atoms with Gasteiger partial charge in [-0.15, -0.1) is 0 Å². The third kappa shape index (κ3) is 4.63. The molecule has 2 rings (SSSR count). The van der Waals surface area contributed by atoms with Crippen LogP contribution in [0.2, 0.25) is 0 Å². The molecule has 0 aromatic carbocycles. The number of rotatable bonds is 6. The molecule has 0 saturated carbocycles. The van der Waals surface area contributed by atoms with Crippen molar-refractivity contribution in [3.63, 3.8) is 0 Å². The molecule has 0 spiro atoms. The van der Waals surface area contributed by atoms with E-state index in [-0.39, 0.29) is 34.6 Å². The lowest BCUT2D eigenvalue weighted by molar-refractivity contribution is -0.158. The number of carboxylic acids is 1. The summed E-state index contributed by atoms with van der Waals surface area (Å²) >= 11 is 3.04. The lowest BCUT2D eigenvalue weighted by atomic mass is 10.2. The van der Waals surface area contributed by atoms with Gasteiger partial charge in [0, 0.05) is 13.7 Å². The van der Waals surface area contributed by atoms with Gasteiger partial charge < -0.3 is 25.3 Å². The maximum atomic E-state index is 11.2. The summed E-state index contributed by atoms with van der Waals surface area (Å²) in [4.78, 5) is 19.1. The first-order chi connectivity index (χ1) is 11.4. The largest absolute Gasteiger partial charge is 0.476 e. The summed E-state index contributed by atoms with van der Waals surface area (Å²) in [6.45, 7) is 0.779. The van der Waals surface area contributed by atoms with E-state index in [1.54, 1.807) is 7.05 Å². The Balaban J connectivity index is 2.23. The van der Waals surface area contributed by atoms with Crippen LogP contribution in [0.4, 0.5) is 0 Å². The van der Waals surface area contributed by atoms with Crippen molar-refractivity contribution in [2.24, 2.45) is 11.6 Å². The van der Waals surface area contributed by atoms with Crippen LogP contribution in [-0.4, -0.2) is 52.6 Å². The average Bonchev–Trinajstić information content (AvgIpc) is 2.55. The Hall–Kier alpha value is -1.75. The number of aromatic nitrogens is 2. The Morgan fingerprint density at radius 2 is 2.33 bits per heavy atom. The first kappa shape index (κ1) is 18.6. The number of aromatic carboxylic acids is 1. The molecule has 9 nitrogen and oxygen atoms in total. The van der Waals surface area contributed by atoms with E-state index in [9.17, 15) is 4.79 Å². The number of nitrogens with two attached hydrogens (primary N) is 2. The minimum Gasteiger partial charge on any atom is -0.476 e. The molecule has 0 bridgehead atoms. The summed E-state index contributed by atoms with van der Waals surface area (Å²) in [5, 5.41) is 10.4. The molecule has 0 radical (unpaired) electrons. The molecule has 1 aromatic heterocycles. The zero-order valence-electron chi connectivity index (χ0n) is 13.2. The molecule has 1 unspecified atom stereocenters. The minimum atomic E-state index is -1.21. The number of carbonyl (C=O) groups is 1. The first-order valence-corrected chi connectivity index (χ1v) is 8.16. The summed E-state index contributed by atoms with van der Waals surface area (Å²) in [7, 11) is 1.61. The molecule has 5 N–H and O–H groups in total. The second-order valence-corrected chi connectivity index (χ2v) is 6.03. The van der Waals surface area contributed by atoms with Gasteiger partial charge in [-0.2, -0.15) is 0 Å². The van der Waals surface area contributed by atoms with Crippen LogP contribution in [0.25, 0.3) is 5.70 Å². The molecule has 24 heavy (non-hydrogen) atoms. The fraction of sp³-hybridized carbons (Fsp3) is 0.500. The van der Waals surface area contributed by atoms with Crippen molar-refractivity contribution in [3.05, 3.63) is 27.9 Å². The first-order valence-electron chi connectivity index (χ1n) is 7.36. The van der Waals surface area contributed by atoms with Gasteiger partial charge in [-0.05, 0) is 35.2 Å². The highest BCUT2D eigenvalue weighted by molar-refractivity contribution is 9.10. The number of hydrogen-bond acceptors (Lipinski definition) is 8. The van der Waals surface area contributed by atoms with Crippen LogP contribution in [0.5, 0.6) is 0 Å². The Kier molecular flexibility index (Phi) is 6.49. The SMILES string of the molecule is CN(N)/C(COC1CCCCO1)=C(\N)c1cnc(Br)c(C(=O)O)n1. The lowest BCUT2D eigenvalue weighted by Crippen LogP contribution is -2.33. The Labute approximate surface area is 147 Å². The van der Waals surface area contributed by atoms with E-state index in [0.717, 1.165) is 19.3 Å². The lowest BCUT2D eigenvalue weighted by Gasteiger charge is -2.25. The van der Waals surface area contributed by atoms with E-state index >= 15 is 0 Å². The van der Waals surface area contributed by atoms with Crippen molar-refractivity contribution < 1.29 is 19.4 Å². The van der Waals surface area contributed by atoms with Crippen molar-refractivity contribution in [1.29, 1.82) is 0 Å². The van der Waals surface area contributed by atoms with E-state index in [4.69, 9.17) is 26.2 Å². The van der Waals surface area contributed by atoms with Gasteiger partial charge in [0.2, 0.25) is 0 Å². The van der Waals surface area contributed by atoms with Crippen LogP contribution in [-0.2, 0) is 9.47 Å². The normalized spacial score (nSPS) is 18.9. The minimum absolute atomic E-state index is 0.115. The molecule has 1 saturated heterocycles. The molecule has 1 aliphatic heterocycles. The van der Waals surface area contributed by atoms with Gasteiger partial charge in [-0.1, -0.05) is 0 Å². The van der Waals surface area contributed by atoms with E-state index in [1.807, 2.05) is 0 Å². The van der Waals surface area contributed by atoms with Crippen molar-refractivity contribution in [1.82, 2.24) is 15.0 Å². The standard InChI is InChI=1S/C14H20BrN5O4/c1-20(17)9(7-24-10-4-2-3-5-23-10)11(16)8-6-18-13(15)12(19-8)14(21)22/h6,10H,2-5,7,16-17H2,1H3,(H,21,22)/b11-9-. The van der Waals surface area contributed by atoms with Crippen LogP contribution in [0.15, 0.2) is 16.5 Å². The van der Waals surface area contributed by atoms with Gasteiger partial charge in [0.1, 0.15) is 10.3 Å². The average molecular weight is 402 g/mol. The van der Waals surface area contributed by atoms with Gasteiger partial charge >= 0.3 is 5.97 Å². The summed E-state index contributed by atoms with van der Waals surface area (Å²) in [5.74, 6) is 4.61. The van der Waals surface area contributed by atoms with Crippen molar-refractivity contribution in [3.8, 4) is 0 Å².